The monoisotopic (exact) mass is 310 g/mol. The molecule has 0 saturated heterocycles. The van der Waals surface area contributed by atoms with Crippen molar-refractivity contribution in [1.82, 2.24) is 10.3 Å². The van der Waals surface area contributed by atoms with Crippen LogP contribution in [0.1, 0.15) is 29.5 Å². The fourth-order valence-corrected chi connectivity index (χ4v) is 2.75. The molecule has 5 heteroatoms. The minimum Gasteiger partial charge on any atom is -0.467 e. The third kappa shape index (κ3) is 3.39. The SMILES string of the molecule is COC(=O)[C@H](NC(=O)[C@H]1C[C@H]1c1ccccc1)c1cccnc1. The molecule has 1 amide bonds. The number of amides is 1. The standard InChI is InChI=1S/C18H18N2O3/c1-23-18(22)16(13-8-5-9-19-11-13)20-17(21)15-10-14(15)12-6-3-2-4-7-12/h2-9,11,14-16H,10H2,1H3,(H,20,21)/t14-,15-,16+/m0/s1. The van der Waals surface area contributed by atoms with Crippen molar-refractivity contribution in [2.45, 2.75) is 18.4 Å². The van der Waals surface area contributed by atoms with Gasteiger partial charge in [0, 0.05) is 23.9 Å². The molecule has 1 N–H and O–H groups in total. The maximum atomic E-state index is 12.5. The van der Waals surface area contributed by atoms with Crippen molar-refractivity contribution in [2.24, 2.45) is 5.92 Å². The van der Waals surface area contributed by atoms with Crippen LogP contribution >= 0.6 is 0 Å². The molecule has 118 valence electrons. The number of benzene rings is 1. The molecule has 0 aliphatic heterocycles. The van der Waals surface area contributed by atoms with Crippen molar-refractivity contribution in [2.75, 3.05) is 7.11 Å². The number of pyridine rings is 1. The molecule has 1 heterocycles. The minimum absolute atomic E-state index is 0.0961. The smallest absolute Gasteiger partial charge is 0.333 e. The number of hydrogen-bond acceptors (Lipinski definition) is 4. The third-order valence-electron chi connectivity index (χ3n) is 4.10. The van der Waals surface area contributed by atoms with Crippen LogP contribution in [0, 0.1) is 5.92 Å². The Morgan fingerprint density at radius 3 is 2.65 bits per heavy atom. The van der Waals surface area contributed by atoms with E-state index in [1.807, 2.05) is 30.3 Å². The highest BCUT2D eigenvalue weighted by Crippen LogP contribution is 2.47. The second-order valence-corrected chi connectivity index (χ2v) is 5.61. The second-order valence-electron chi connectivity index (χ2n) is 5.61. The fourth-order valence-electron chi connectivity index (χ4n) is 2.75. The number of carbonyl (C=O) groups is 2. The van der Waals surface area contributed by atoms with Gasteiger partial charge in [0.1, 0.15) is 0 Å². The maximum Gasteiger partial charge on any atom is 0.333 e. The summed E-state index contributed by atoms with van der Waals surface area (Å²) in [7, 11) is 1.31. The van der Waals surface area contributed by atoms with Crippen LogP contribution in [0.5, 0.6) is 0 Å². The average molecular weight is 310 g/mol. The van der Waals surface area contributed by atoms with Crippen LogP contribution in [-0.2, 0) is 14.3 Å². The number of esters is 1. The summed E-state index contributed by atoms with van der Waals surface area (Å²) in [5.41, 5.74) is 1.77. The molecule has 0 radical (unpaired) electrons. The van der Waals surface area contributed by atoms with Crippen molar-refractivity contribution >= 4 is 11.9 Å². The molecular formula is C18H18N2O3. The molecular weight excluding hydrogens is 292 g/mol. The lowest BCUT2D eigenvalue weighted by Gasteiger charge is -2.16. The maximum absolute atomic E-state index is 12.5. The predicted molar refractivity (Wildman–Crippen MR) is 84.4 cm³/mol. The molecule has 1 aromatic heterocycles. The van der Waals surface area contributed by atoms with Gasteiger partial charge in [-0.1, -0.05) is 36.4 Å². The summed E-state index contributed by atoms with van der Waals surface area (Å²) in [4.78, 5) is 28.4. The zero-order chi connectivity index (χ0) is 16.2. The minimum atomic E-state index is -0.821. The number of hydrogen-bond donors (Lipinski definition) is 1. The summed E-state index contributed by atoms with van der Waals surface area (Å²) in [5.74, 6) is -0.494. The van der Waals surface area contributed by atoms with Crippen LogP contribution in [0.15, 0.2) is 54.9 Å². The summed E-state index contributed by atoms with van der Waals surface area (Å²) in [5, 5.41) is 2.79. The summed E-state index contributed by atoms with van der Waals surface area (Å²) < 4.78 is 4.80. The average Bonchev–Trinajstić information content (AvgIpc) is 3.41. The van der Waals surface area contributed by atoms with E-state index in [0.717, 1.165) is 12.0 Å². The van der Waals surface area contributed by atoms with E-state index in [-0.39, 0.29) is 17.7 Å². The highest BCUT2D eigenvalue weighted by atomic mass is 16.5. The van der Waals surface area contributed by atoms with E-state index in [1.54, 1.807) is 24.5 Å². The molecule has 0 unspecified atom stereocenters. The molecule has 3 rings (SSSR count). The van der Waals surface area contributed by atoms with Crippen LogP contribution in [0.2, 0.25) is 0 Å². The van der Waals surface area contributed by atoms with Gasteiger partial charge in [0.2, 0.25) is 5.91 Å². The van der Waals surface area contributed by atoms with E-state index in [9.17, 15) is 9.59 Å². The number of aromatic nitrogens is 1. The zero-order valence-electron chi connectivity index (χ0n) is 12.8. The first-order valence-corrected chi connectivity index (χ1v) is 7.53. The highest BCUT2D eigenvalue weighted by molar-refractivity contribution is 5.88. The Balaban J connectivity index is 1.69. The normalized spacial score (nSPS) is 20.4. The number of nitrogens with one attached hydrogen (secondary N) is 1. The molecule has 5 nitrogen and oxygen atoms in total. The molecule has 0 spiro atoms. The van der Waals surface area contributed by atoms with Gasteiger partial charge < -0.3 is 10.1 Å². The number of rotatable bonds is 5. The first-order valence-electron chi connectivity index (χ1n) is 7.53. The van der Waals surface area contributed by atoms with Gasteiger partial charge in [-0.15, -0.1) is 0 Å². The molecule has 1 saturated carbocycles. The van der Waals surface area contributed by atoms with Crippen LogP contribution in [0.4, 0.5) is 0 Å². The van der Waals surface area contributed by atoms with Gasteiger partial charge in [0.05, 0.1) is 7.11 Å². The Kier molecular flexibility index (Phi) is 4.37. The first kappa shape index (κ1) is 15.2. The van der Waals surface area contributed by atoms with Crippen LogP contribution in [0.25, 0.3) is 0 Å². The lowest BCUT2D eigenvalue weighted by Crippen LogP contribution is -2.35. The van der Waals surface area contributed by atoms with Gasteiger partial charge in [-0.05, 0) is 24.0 Å². The Morgan fingerprint density at radius 1 is 1.22 bits per heavy atom. The van der Waals surface area contributed by atoms with Crippen LogP contribution < -0.4 is 5.32 Å². The Morgan fingerprint density at radius 2 is 2.00 bits per heavy atom. The Bertz CT molecular complexity index is 688. The van der Waals surface area contributed by atoms with Gasteiger partial charge in [-0.3, -0.25) is 9.78 Å². The van der Waals surface area contributed by atoms with E-state index in [4.69, 9.17) is 4.74 Å². The number of carbonyl (C=O) groups excluding carboxylic acids is 2. The number of nitrogens with zero attached hydrogens (tertiary/aromatic N) is 1. The van der Waals surface area contributed by atoms with E-state index >= 15 is 0 Å². The number of ether oxygens (including phenoxy) is 1. The topological polar surface area (TPSA) is 68.3 Å². The van der Waals surface area contributed by atoms with Crippen LogP contribution in [0.3, 0.4) is 0 Å². The lowest BCUT2D eigenvalue weighted by molar-refractivity contribution is -0.145. The molecule has 23 heavy (non-hydrogen) atoms. The first-order chi connectivity index (χ1) is 11.2. The quantitative estimate of drug-likeness (QED) is 0.860. The molecule has 1 aromatic carbocycles. The predicted octanol–water partition coefficient (Wildman–Crippen LogP) is 2.22. The molecule has 1 fully saturated rings. The van der Waals surface area contributed by atoms with Gasteiger partial charge in [-0.25, -0.2) is 4.79 Å². The second kappa shape index (κ2) is 6.60. The van der Waals surface area contributed by atoms with Gasteiger partial charge >= 0.3 is 5.97 Å². The molecule has 3 atom stereocenters. The molecule has 1 aliphatic carbocycles. The summed E-state index contributed by atoms with van der Waals surface area (Å²) in [6.45, 7) is 0. The van der Waals surface area contributed by atoms with E-state index in [0.29, 0.717) is 5.56 Å². The van der Waals surface area contributed by atoms with Crippen molar-refractivity contribution < 1.29 is 14.3 Å². The summed E-state index contributed by atoms with van der Waals surface area (Å²) >= 11 is 0. The lowest BCUT2D eigenvalue weighted by atomic mass is 10.1. The molecule has 0 bridgehead atoms. The largest absolute Gasteiger partial charge is 0.467 e. The van der Waals surface area contributed by atoms with Crippen molar-refractivity contribution in [3.63, 3.8) is 0 Å². The fraction of sp³-hybridized carbons (Fsp3) is 0.278. The van der Waals surface area contributed by atoms with Crippen molar-refractivity contribution in [1.29, 1.82) is 0 Å². The van der Waals surface area contributed by atoms with E-state index < -0.39 is 12.0 Å². The number of methoxy groups -OCH3 is 1. The molecule has 1 aliphatic rings. The summed E-state index contributed by atoms with van der Waals surface area (Å²) in [6.07, 6.45) is 3.98. The highest BCUT2D eigenvalue weighted by Gasteiger charge is 2.45. The Hall–Kier alpha value is -2.69. The van der Waals surface area contributed by atoms with Crippen molar-refractivity contribution in [3.8, 4) is 0 Å². The van der Waals surface area contributed by atoms with Gasteiger partial charge in [0.15, 0.2) is 6.04 Å². The van der Waals surface area contributed by atoms with E-state index in [1.165, 1.54) is 7.11 Å². The van der Waals surface area contributed by atoms with Gasteiger partial charge in [0.25, 0.3) is 0 Å². The third-order valence-corrected chi connectivity index (χ3v) is 4.10. The van der Waals surface area contributed by atoms with Gasteiger partial charge in [-0.2, -0.15) is 0 Å². The Labute approximate surface area is 134 Å². The van der Waals surface area contributed by atoms with E-state index in [2.05, 4.69) is 10.3 Å². The van der Waals surface area contributed by atoms with Crippen LogP contribution in [-0.4, -0.2) is 24.0 Å². The zero-order valence-corrected chi connectivity index (χ0v) is 12.8. The summed E-state index contributed by atoms with van der Waals surface area (Å²) in [6, 6.07) is 12.6. The van der Waals surface area contributed by atoms with Crippen molar-refractivity contribution in [3.05, 3.63) is 66.0 Å². The molecule has 2 aromatic rings.